The topological polar surface area (TPSA) is 32.8 Å². The third kappa shape index (κ3) is 3.12. The van der Waals surface area contributed by atoms with Crippen LogP contribution in [0.2, 0.25) is 0 Å². The van der Waals surface area contributed by atoms with Crippen molar-refractivity contribution < 1.29 is 9.53 Å². The second kappa shape index (κ2) is 5.71. The third-order valence-electron chi connectivity index (χ3n) is 3.79. The van der Waals surface area contributed by atoms with Crippen LogP contribution in [0.25, 0.3) is 0 Å². The summed E-state index contributed by atoms with van der Waals surface area (Å²) in [5.41, 5.74) is 0. The molecule has 0 aromatic carbocycles. The molecule has 4 nitrogen and oxygen atoms in total. The minimum Gasteiger partial charge on any atom is -0.375 e. The van der Waals surface area contributed by atoms with Crippen molar-refractivity contribution in [2.75, 3.05) is 32.8 Å². The van der Waals surface area contributed by atoms with Crippen LogP contribution in [0, 0.1) is 5.92 Å². The zero-order chi connectivity index (χ0) is 12.3. The first kappa shape index (κ1) is 12.7. The fourth-order valence-electron chi connectivity index (χ4n) is 2.70. The summed E-state index contributed by atoms with van der Waals surface area (Å²) in [5, 5.41) is 0. The molecular weight excluding hydrogens is 216 g/mol. The van der Waals surface area contributed by atoms with Gasteiger partial charge in [-0.3, -0.25) is 0 Å². The summed E-state index contributed by atoms with van der Waals surface area (Å²) in [4.78, 5) is 16.3. The molecule has 2 amide bonds. The number of piperidine rings is 1. The maximum Gasteiger partial charge on any atom is 0.320 e. The van der Waals surface area contributed by atoms with Gasteiger partial charge in [-0.2, -0.15) is 0 Å². The minimum atomic E-state index is 0.221. The van der Waals surface area contributed by atoms with E-state index in [1.807, 2.05) is 9.80 Å². The fraction of sp³-hybridized carbons (Fsp3) is 0.923. The molecule has 2 fully saturated rings. The van der Waals surface area contributed by atoms with E-state index in [1.54, 1.807) is 0 Å². The highest BCUT2D eigenvalue weighted by atomic mass is 16.5. The Morgan fingerprint density at radius 2 is 2.06 bits per heavy atom. The molecule has 98 valence electrons. The summed E-state index contributed by atoms with van der Waals surface area (Å²) >= 11 is 0. The van der Waals surface area contributed by atoms with E-state index < -0.39 is 0 Å². The van der Waals surface area contributed by atoms with Gasteiger partial charge in [0.25, 0.3) is 0 Å². The number of hydrogen-bond donors (Lipinski definition) is 0. The van der Waals surface area contributed by atoms with Crippen LogP contribution >= 0.6 is 0 Å². The van der Waals surface area contributed by atoms with Crippen LogP contribution in [-0.4, -0.2) is 54.7 Å². The molecule has 0 N–H and O–H groups in total. The van der Waals surface area contributed by atoms with Gasteiger partial charge in [0.1, 0.15) is 0 Å². The molecule has 2 saturated heterocycles. The Bertz CT molecular complexity index is 270. The van der Waals surface area contributed by atoms with Crippen molar-refractivity contribution in [3.05, 3.63) is 0 Å². The SMILES string of the molecule is CCC1CN(C(=O)N2CCCC(C)C2)CCO1. The second-order valence-corrected chi connectivity index (χ2v) is 5.32. The van der Waals surface area contributed by atoms with Crippen LogP contribution in [0.1, 0.15) is 33.1 Å². The van der Waals surface area contributed by atoms with Gasteiger partial charge in [0, 0.05) is 26.2 Å². The molecule has 0 aromatic heterocycles. The minimum absolute atomic E-state index is 0.221. The quantitative estimate of drug-likeness (QED) is 0.702. The molecule has 2 atom stereocenters. The molecule has 2 aliphatic rings. The lowest BCUT2D eigenvalue weighted by atomic mass is 10.0. The van der Waals surface area contributed by atoms with E-state index in [1.165, 1.54) is 6.42 Å². The van der Waals surface area contributed by atoms with Crippen LogP contribution in [0.3, 0.4) is 0 Å². The van der Waals surface area contributed by atoms with Crippen molar-refractivity contribution in [1.29, 1.82) is 0 Å². The van der Waals surface area contributed by atoms with Crippen molar-refractivity contribution in [2.24, 2.45) is 5.92 Å². The van der Waals surface area contributed by atoms with Gasteiger partial charge < -0.3 is 14.5 Å². The molecule has 2 aliphatic heterocycles. The smallest absolute Gasteiger partial charge is 0.320 e. The zero-order valence-corrected chi connectivity index (χ0v) is 11.0. The maximum atomic E-state index is 12.4. The predicted octanol–water partition coefficient (Wildman–Crippen LogP) is 1.95. The summed E-state index contributed by atoms with van der Waals surface area (Å²) in [7, 11) is 0. The van der Waals surface area contributed by atoms with Crippen LogP contribution in [-0.2, 0) is 4.74 Å². The number of hydrogen-bond acceptors (Lipinski definition) is 2. The van der Waals surface area contributed by atoms with Gasteiger partial charge in [0.05, 0.1) is 12.7 Å². The lowest BCUT2D eigenvalue weighted by molar-refractivity contribution is -0.0217. The number of ether oxygens (including phenoxy) is 1. The Hall–Kier alpha value is -0.770. The number of urea groups is 1. The number of carbonyl (C=O) groups excluding carboxylic acids is 1. The predicted molar refractivity (Wildman–Crippen MR) is 67.0 cm³/mol. The summed E-state index contributed by atoms with van der Waals surface area (Å²) < 4.78 is 5.60. The van der Waals surface area contributed by atoms with Crippen molar-refractivity contribution in [3.63, 3.8) is 0 Å². The standard InChI is InChI=1S/C13H24N2O2/c1-3-12-10-15(7-8-17-12)13(16)14-6-4-5-11(2)9-14/h11-12H,3-10H2,1-2H3. The molecule has 2 rings (SSSR count). The Morgan fingerprint density at radius 3 is 2.76 bits per heavy atom. The summed E-state index contributed by atoms with van der Waals surface area (Å²) in [5.74, 6) is 0.649. The Kier molecular flexibility index (Phi) is 4.26. The monoisotopic (exact) mass is 240 g/mol. The number of carbonyl (C=O) groups is 1. The first-order chi connectivity index (χ1) is 8.20. The first-order valence-electron chi connectivity index (χ1n) is 6.86. The first-order valence-corrected chi connectivity index (χ1v) is 6.86. The van der Waals surface area contributed by atoms with E-state index in [4.69, 9.17) is 4.74 Å². The van der Waals surface area contributed by atoms with Gasteiger partial charge in [-0.25, -0.2) is 4.79 Å². The Balaban J connectivity index is 1.89. The van der Waals surface area contributed by atoms with Gasteiger partial charge in [-0.05, 0) is 25.2 Å². The maximum absolute atomic E-state index is 12.4. The van der Waals surface area contributed by atoms with E-state index >= 15 is 0 Å². The molecule has 4 heteroatoms. The van der Waals surface area contributed by atoms with E-state index in [-0.39, 0.29) is 12.1 Å². The van der Waals surface area contributed by atoms with Gasteiger partial charge in [-0.15, -0.1) is 0 Å². The second-order valence-electron chi connectivity index (χ2n) is 5.32. The molecular formula is C13H24N2O2. The fourth-order valence-corrected chi connectivity index (χ4v) is 2.70. The van der Waals surface area contributed by atoms with Crippen LogP contribution in [0.5, 0.6) is 0 Å². The normalized spacial score (nSPS) is 30.5. The molecule has 0 spiro atoms. The molecule has 0 aromatic rings. The molecule has 0 radical (unpaired) electrons. The van der Waals surface area contributed by atoms with E-state index in [2.05, 4.69) is 13.8 Å². The number of nitrogens with zero attached hydrogens (tertiary/aromatic N) is 2. The highest BCUT2D eigenvalue weighted by Crippen LogP contribution is 2.18. The highest BCUT2D eigenvalue weighted by molar-refractivity contribution is 5.74. The Morgan fingerprint density at radius 1 is 1.29 bits per heavy atom. The van der Waals surface area contributed by atoms with Crippen molar-refractivity contribution >= 4 is 6.03 Å². The van der Waals surface area contributed by atoms with Crippen LogP contribution in [0.15, 0.2) is 0 Å². The van der Waals surface area contributed by atoms with Crippen LogP contribution < -0.4 is 0 Å². The number of rotatable bonds is 1. The van der Waals surface area contributed by atoms with Crippen molar-refractivity contribution in [1.82, 2.24) is 9.80 Å². The number of amides is 2. The van der Waals surface area contributed by atoms with Gasteiger partial charge >= 0.3 is 6.03 Å². The number of likely N-dealkylation sites (tertiary alicyclic amines) is 1. The Labute approximate surface area is 104 Å². The molecule has 2 heterocycles. The van der Waals surface area contributed by atoms with Crippen molar-refractivity contribution in [2.45, 2.75) is 39.2 Å². The van der Waals surface area contributed by atoms with E-state index in [0.717, 1.165) is 39.0 Å². The zero-order valence-electron chi connectivity index (χ0n) is 11.0. The third-order valence-corrected chi connectivity index (χ3v) is 3.79. The lowest BCUT2D eigenvalue weighted by Crippen LogP contribution is -2.52. The van der Waals surface area contributed by atoms with E-state index in [0.29, 0.717) is 12.5 Å². The lowest BCUT2D eigenvalue weighted by Gasteiger charge is -2.38. The molecule has 2 unspecified atom stereocenters. The molecule has 0 aliphatic carbocycles. The van der Waals surface area contributed by atoms with Gasteiger partial charge in [0.2, 0.25) is 0 Å². The van der Waals surface area contributed by atoms with E-state index in [9.17, 15) is 4.79 Å². The molecule has 0 saturated carbocycles. The molecule has 17 heavy (non-hydrogen) atoms. The summed E-state index contributed by atoms with van der Waals surface area (Å²) in [6.07, 6.45) is 3.62. The summed E-state index contributed by atoms with van der Waals surface area (Å²) in [6, 6.07) is 0.221. The number of morpholine rings is 1. The summed E-state index contributed by atoms with van der Waals surface area (Å²) in [6.45, 7) is 8.40. The molecule has 0 bridgehead atoms. The average Bonchev–Trinajstić information content (AvgIpc) is 2.38. The largest absolute Gasteiger partial charge is 0.375 e. The average molecular weight is 240 g/mol. The van der Waals surface area contributed by atoms with Crippen LogP contribution in [0.4, 0.5) is 4.79 Å². The van der Waals surface area contributed by atoms with Gasteiger partial charge in [0.15, 0.2) is 0 Å². The van der Waals surface area contributed by atoms with Gasteiger partial charge in [-0.1, -0.05) is 13.8 Å². The highest BCUT2D eigenvalue weighted by Gasteiger charge is 2.28. The van der Waals surface area contributed by atoms with Crippen molar-refractivity contribution in [3.8, 4) is 0 Å².